The van der Waals surface area contributed by atoms with Gasteiger partial charge in [0.1, 0.15) is 5.75 Å². The number of methoxy groups -OCH3 is 1. The van der Waals surface area contributed by atoms with Gasteiger partial charge in [0.2, 0.25) is 0 Å². The number of halogens is 2. The number of ether oxygens (including phenoxy) is 2. The number of nitrogens with zero attached hydrogens (tertiary/aromatic N) is 1. The number of carbonyl (C=O) groups is 2. The molecule has 2 N–H and O–H groups in total. The number of rotatable bonds is 13. The summed E-state index contributed by atoms with van der Waals surface area (Å²) in [5.74, 6) is -0.830. The maximum atomic E-state index is 13.0. The molecule has 1 aromatic heterocycles. The van der Waals surface area contributed by atoms with Crippen LogP contribution in [-0.4, -0.2) is 35.7 Å². The molecule has 208 valence electrons. The molecular formula is C29H32Cl2N2O5S. The van der Waals surface area contributed by atoms with Crippen LogP contribution in [0.3, 0.4) is 0 Å². The molecule has 3 rings (SSSR count). The number of unbranched alkanes of at least 4 members (excludes halogenated alkanes) is 2. The molecule has 1 amide bonds. The number of anilines is 1. The monoisotopic (exact) mass is 590 g/mol. The molecule has 3 aromatic rings. The standard InChI is InChI=1S/C29H32Cl2N2O5S/c1-5-7-8-12-25(38-6-2)20-11-9-10-19(26(20)37-4)24-16-39-29(32-24)33-27(34)18-14-22(30)21(23(31)15-18)13-17(3)28(35)36/h9-11,13-16,25H,5-8,12H2,1-4H3,(H,35,36)(H,32,33,34)/t25-/m1/s1. The Morgan fingerprint density at radius 3 is 2.51 bits per heavy atom. The number of thiazole rings is 1. The van der Waals surface area contributed by atoms with Gasteiger partial charge in [0.05, 0.1) is 29.0 Å². The van der Waals surface area contributed by atoms with Gasteiger partial charge in [-0.15, -0.1) is 11.3 Å². The van der Waals surface area contributed by atoms with Gasteiger partial charge >= 0.3 is 5.97 Å². The number of benzene rings is 2. The van der Waals surface area contributed by atoms with E-state index in [1.165, 1.54) is 36.5 Å². The lowest BCUT2D eigenvalue weighted by molar-refractivity contribution is -0.132. The Kier molecular flexibility index (Phi) is 11.4. The predicted octanol–water partition coefficient (Wildman–Crippen LogP) is 8.52. The van der Waals surface area contributed by atoms with Crippen molar-refractivity contribution in [1.29, 1.82) is 0 Å². The molecule has 1 heterocycles. The highest BCUT2D eigenvalue weighted by molar-refractivity contribution is 7.14. The van der Waals surface area contributed by atoms with Crippen molar-refractivity contribution in [3.8, 4) is 17.0 Å². The van der Waals surface area contributed by atoms with Gasteiger partial charge < -0.3 is 14.6 Å². The Labute approximate surface area is 242 Å². The Bertz CT molecular complexity index is 1330. The van der Waals surface area contributed by atoms with Gasteiger partial charge in [0.25, 0.3) is 5.91 Å². The first-order valence-corrected chi connectivity index (χ1v) is 14.3. The zero-order chi connectivity index (χ0) is 28.5. The molecule has 0 unspecified atom stereocenters. The Morgan fingerprint density at radius 2 is 1.90 bits per heavy atom. The van der Waals surface area contributed by atoms with E-state index >= 15 is 0 Å². The van der Waals surface area contributed by atoms with E-state index in [0.717, 1.165) is 36.8 Å². The lowest BCUT2D eigenvalue weighted by Crippen LogP contribution is -2.12. The van der Waals surface area contributed by atoms with Gasteiger partial charge in [-0.05, 0) is 44.5 Å². The first kappa shape index (κ1) is 30.6. The van der Waals surface area contributed by atoms with Crippen LogP contribution >= 0.6 is 34.5 Å². The summed E-state index contributed by atoms with van der Waals surface area (Å²) in [6.45, 7) is 6.19. The number of carboxylic acid groups (broad SMARTS) is 1. The molecule has 0 fully saturated rings. The fourth-order valence-electron chi connectivity index (χ4n) is 4.10. The number of para-hydroxylation sites is 1. The van der Waals surface area contributed by atoms with Crippen LogP contribution < -0.4 is 10.1 Å². The summed E-state index contributed by atoms with van der Waals surface area (Å²) in [6, 6.07) is 8.80. The summed E-state index contributed by atoms with van der Waals surface area (Å²) in [5, 5.41) is 14.5. The van der Waals surface area contributed by atoms with Crippen molar-refractivity contribution in [3.05, 3.63) is 68.0 Å². The molecule has 7 nitrogen and oxygen atoms in total. The summed E-state index contributed by atoms with van der Waals surface area (Å²) in [4.78, 5) is 28.7. The number of carboxylic acids is 1. The quantitative estimate of drug-likeness (QED) is 0.153. The van der Waals surface area contributed by atoms with Gasteiger partial charge in [-0.25, -0.2) is 9.78 Å². The van der Waals surface area contributed by atoms with E-state index in [-0.39, 0.29) is 27.3 Å². The number of aliphatic carboxylic acids is 1. The average molecular weight is 592 g/mol. The lowest BCUT2D eigenvalue weighted by Gasteiger charge is -2.21. The van der Waals surface area contributed by atoms with E-state index in [1.807, 2.05) is 30.5 Å². The molecule has 10 heteroatoms. The predicted molar refractivity (Wildman–Crippen MR) is 158 cm³/mol. The molecule has 0 aliphatic carbocycles. The first-order chi connectivity index (χ1) is 18.7. The van der Waals surface area contributed by atoms with Crippen LogP contribution in [0.2, 0.25) is 10.0 Å². The van der Waals surface area contributed by atoms with Crippen molar-refractivity contribution in [2.45, 2.75) is 52.6 Å². The van der Waals surface area contributed by atoms with Crippen LogP contribution in [0.5, 0.6) is 5.75 Å². The van der Waals surface area contributed by atoms with Gasteiger partial charge in [-0.2, -0.15) is 0 Å². The normalized spacial score (nSPS) is 12.3. The topological polar surface area (TPSA) is 97.8 Å². The molecule has 2 aromatic carbocycles. The van der Waals surface area contributed by atoms with Crippen molar-refractivity contribution in [2.75, 3.05) is 19.0 Å². The van der Waals surface area contributed by atoms with Crippen LogP contribution in [-0.2, 0) is 9.53 Å². The zero-order valence-electron chi connectivity index (χ0n) is 22.3. The van der Waals surface area contributed by atoms with E-state index in [9.17, 15) is 9.59 Å². The summed E-state index contributed by atoms with van der Waals surface area (Å²) in [5.41, 5.74) is 3.07. The van der Waals surface area contributed by atoms with Crippen LogP contribution in [0.4, 0.5) is 5.13 Å². The van der Waals surface area contributed by atoms with E-state index < -0.39 is 11.9 Å². The highest BCUT2D eigenvalue weighted by Gasteiger charge is 2.21. The van der Waals surface area contributed by atoms with Gasteiger partial charge in [0, 0.05) is 39.8 Å². The summed E-state index contributed by atoms with van der Waals surface area (Å²) < 4.78 is 11.9. The summed E-state index contributed by atoms with van der Waals surface area (Å²) in [6.07, 6.45) is 5.51. The van der Waals surface area contributed by atoms with Crippen molar-refractivity contribution < 1.29 is 24.2 Å². The number of nitrogens with one attached hydrogen (secondary N) is 1. The minimum Gasteiger partial charge on any atom is -0.496 e. The number of hydrogen-bond donors (Lipinski definition) is 2. The molecular weight excluding hydrogens is 559 g/mol. The number of amides is 1. The smallest absolute Gasteiger partial charge is 0.331 e. The van der Waals surface area contributed by atoms with Crippen LogP contribution in [0, 0.1) is 0 Å². The average Bonchev–Trinajstić information content (AvgIpc) is 3.37. The fraction of sp³-hybridized carbons (Fsp3) is 0.345. The summed E-state index contributed by atoms with van der Waals surface area (Å²) >= 11 is 13.9. The third kappa shape index (κ3) is 7.82. The van der Waals surface area contributed by atoms with Crippen molar-refractivity contribution >= 4 is 57.6 Å². The molecule has 0 aliphatic rings. The SMILES string of the molecule is CCCCC[C@@H](OCC)c1cccc(-c2csc(NC(=O)c3cc(Cl)c(C=C(C)C(=O)O)c(Cl)c3)n2)c1OC. The van der Waals surface area contributed by atoms with Crippen molar-refractivity contribution in [2.24, 2.45) is 0 Å². The van der Waals surface area contributed by atoms with Crippen molar-refractivity contribution in [1.82, 2.24) is 4.98 Å². The van der Waals surface area contributed by atoms with Crippen LogP contribution in [0.15, 0.2) is 41.3 Å². The molecule has 0 radical (unpaired) electrons. The minimum atomic E-state index is -1.09. The molecule has 39 heavy (non-hydrogen) atoms. The number of aromatic nitrogens is 1. The molecule has 0 saturated carbocycles. The van der Waals surface area contributed by atoms with Gasteiger partial charge in [-0.3, -0.25) is 10.1 Å². The van der Waals surface area contributed by atoms with Crippen molar-refractivity contribution in [3.63, 3.8) is 0 Å². The third-order valence-corrected chi connectivity index (χ3v) is 7.46. The van der Waals surface area contributed by atoms with E-state index in [0.29, 0.717) is 28.7 Å². The highest BCUT2D eigenvalue weighted by atomic mass is 35.5. The molecule has 0 saturated heterocycles. The second-order valence-corrected chi connectivity index (χ2v) is 10.5. The third-order valence-electron chi connectivity index (χ3n) is 6.07. The second kappa shape index (κ2) is 14.5. The molecule has 0 bridgehead atoms. The van der Waals surface area contributed by atoms with Gasteiger partial charge in [-0.1, -0.05) is 61.5 Å². The maximum Gasteiger partial charge on any atom is 0.331 e. The molecule has 0 aliphatic heterocycles. The number of hydrogen-bond acceptors (Lipinski definition) is 6. The fourth-order valence-corrected chi connectivity index (χ4v) is 5.40. The Balaban J connectivity index is 1.85. The highest BCUT2D eigenvalue weighted by Crippen LogP contribution is 2.40. The Morgan fingerprint density at radius 1 is 1.18 bits per heavy atom. The first-order valence-electron chi connectivity index (χ1n) is 12.7. The Hall–Kier alpha value is -2.91. The maximum absolute atomic E-state index is 13.0. The largest absolute Gasteiger partial charge is 0.496 e. The second-order valence-electron chi connectivity index (χ2n) is 8.85. The van der Waals surface area contributed by atoms with Crippen LogP contribution in [0.25, 0.3) is 17.3 Å². The minimum absolute atomic E-state index is 0.0688. The molecule has 1 atom stereocenters. The molecule has 0 spiro atoms. The van der Waals surface area contributed by atoms with E-state index in [2.05, 4.69) is 17.2 Å². The lowest BCUT2D eigenvalue weighted by atomic mass is 9.98. The van der Waals surface area contributed by atoms with Crippen LogP contribution in [0.1, 0.15) is 74.0 Å². The van der Waals surface area contributed by atoms with E-state index in [4.69, 9.17) is 37.8 Å². The summed E-state index contributed by atoms with van der Waals surface area (Å²) in [7, 11) is 1.64. The van der Waals surface area contributed by atoms with E-state index in [1.54, 1.807) is 7.11 Å². The number of carbonyl (C=O) groups excluding carboxylic acids is 1. The van der Waals surface area contributed by atoms with Gasteiger partial charge in [0.15, 0.2) is 5.13 Å². The zero-order valence-corrected chi connectivity index (χ0v) is 24.7.